The maximum atomic E-state index is 13.3. The van der Waals surface area contributed by atoms with Crippen LogP contribution in [0.15, 0.2) is 18.2 Å². The SMILES string of the molecule is CC(C)(CO)NC(=O)C1CCN(c2ccc(F)c(F)c2)C1=O. The van der Waals surface area contributed by atoms with Crippen molar-refractivity contribution in [3.8, 4) is 0 Å². The van der Waals surface area contributed by atoms with Gasteiger partial charge in [-0.25, -0.2) is 8.78 Å². The van der Waals surface area contributed by atoms with E-state index in [1.165, 1.54) is 11.0 Å². The molecule has 0 bridgehead atoms. The van der Waals surface area contributed by atoms with E-state index in [0.717, 1.165) is 12.1 Å². The molecule has 0 saturated carbocycles. The van der Waals surface area contributed by atoms with Gasteiger partial charge in [0.25, 0.3) is 0 Å². The fraction of sp³-hybridized carbons (Fsp3) is 0.467. The molecule has 0 radical (unpaired) electrons. The van der Waals surface area contributed by atoms with Gasteiger partial charge in [0.15, 0.2) is 11.6 Å². The molecule has 0 spiro atoms. The zero-order valence-electron chi connectivity index (χ0n) is 12.4. The standard InChI is InChI=1S/C15H18F2N2O3/c1-15(2,8-20)18-13(21)10-5-6-19(14(10)22)9-3-4-11(16)12(17)7-9/h3-4,7,10,20H,5-6,8H2,1-2H3,(H,18,21). The number of nitrogens with zero attached hydrogens (tertiary/aromatic N) is 1. The van der Waals surface area contributed by atoms with Crippen LogP contribution in [0.5, 0.6) is 0 Å². The number of carbonyl (C=O) groups is 2. The van der Waals surface area contributed by atoms with Gasteiger partial charge in [0, 0.05) is 18.3 Å². The van der Waals surface area contributed by atoms with E-state index in [4.69, 9.17) is 5.11 Å². The highest BCUT2D eigenvalue weighted by molar-refractivity contribution is 6.09. The molecule has 0 aromatic heterocycles. The summed E-state index contributed by atoms with van der Waals surface area (Å²) < 4.78 is 26.2. The maximum absolute atomic E-state index is 13.3. The number of rotatable bonds is 4. The van der Waals surface area contributed by atoms with Gasteiger partial charge in [0.1, 0.15) is 5.92 Å². The van der Waals surface area contributed by atoms with E-state index in [1.807, 2.05) is 0 Å². The van der Waals surface area contributed by atoms with Crippen molar-refractivity contribution in [1.82, 2.24) is 5.32 Å². The summed E-state index contributed by atoms with van der Waals surface area (Å²) >= 11 is 0. The highest BCUT2D eigenvalue weighted by Crippen LogP contribution is 2.27. The molecule has 0 aliphatic carbocycles. The molecule has 2 N–H and O–H groups in total. The third-order valence-electron chi connectivity index (χ3n) is 3.59. The Kier molecular flexibility index (Phi) is 4.46. The van der Waals surface area contributed by atoms with Gasteiger partial charge in [0.2, 0.25) is 11.8 Å². The molecule has 1 aliphatic heterocycles. The van der Waals surface area contributed by atoms with E-state index < -0.39 is 34.9 Å². The quantitative estimate of drug-likeness (QED) is 0.821. The minimum atomic E-state index is -1.04. The van der Waals surface area contributed by atoms with E-state index in [9.17, 15) is 18.4 Å². The Morgan fingerprint density at radius 3 is 2.68 bits per heavy atom. The van der Waals surface area contributed by atoms with Crippen LogP contribution < -0.4 is 10.2 Å². The van der Waals surface area contributed by atoms with Gasteiger partial charge in [0.05, 0.1) is 12.1 Å². The summed E-state index contributed by atoms with van der Waals surface area (Å²) in [6.45, 7) is 3.27. The molecule has 22 heavy (non-hydrogen) atoms. The molecular weight excluding hydrogens is 294 g/mol. The van der Waals surface area contributed by atoms with E-state index in [1.54, 1.807) is 13.8 Å². The van der Waals surface area contributed by atoms with Crippen LogP contribution in [0.3, 0.4) is 0 Å². The zero-order chi connectivity index (χ0) is 16.5. The van der Waals surface area contributed by atoms with E-state index in [2.05, 4.69) is 5.32 Å². The lowest BCUT2D eigenvalue weighted by atomic mass is 10.0. The van der Waals surface area contributed by atoms with E-state index in [-0.39, 0.29) is 25.3 Å². The predicted octanol–water partition coefficient (Wildman–Crippen LogP) is 1.20. The normalized spacial score (nSPS) is 18.7. The summed E-state index contributed by atoms with van der Waals surface area (Å²) in [5.41, 5.74) is -0.604. The Balaban J connectivity index is 2.12. The average molecular weight is 312 g/mol. The van der Waals surface area contributed by atoms with Crippen LogP contribution in [-0.4, -0.2) is 35.6 Å². The Hall–Kier alpha value is -2.02. The largest absolute Gasteiger partial charge is 0.394 e. The summed E-state index contributed by atoms with van der Waals surface area (Å²) in [4.78, 5) is 25.7. The first kappa shape index (κ1) is 16.4. The van der Waals surface area contributed by atoms with Crippen LogP contribution in [0.4, 0.5) is 14.5 Å². The molecule has 1 heterocycles. The van der Waals surface area contributed by atoms with Crippen molar-refractivity contribution in [2.45, 2.75) is 25.8 Å². The molecule has 1 aromatic rings. The topological polar surface area (TPSA) is 69.6 Å². The fourth-order valence-corrected chi connectivity index (χ4v) is 2.29. The number of benzene rings is 1. The summed E-state index contributed by atoms with van der Waals surface area (Å²) in [6.07, 6.45) is 0.283. The Labute approximate surface area is 126 Å². The average Bonchev–Trinajstić information content (AvgIpc) is 2.83. The minimum Gasteiger partial charge on any atom is -0.394 e. The van der Waals surface area contributed by atoms with E-state index >= 15 is 0 Å². The van der Waals surface area contributed by atoms with Gasteiger partial charge in [-0.05, 0) is 32.4 Å². The molecule has 1 fully saturated rings. The van der Waals surface area contributed by atoms with Gasteiger partial charge in [-0.2, -0.15) is 0 Å². The smallest absolute Gasteiger partial charge is 0.239 e. The van der Waals surface area contributed by atoms with Gasteiger partial charge < -0.3 is 15.3 Å². The number of aliphatic hydroxyl groups is 1. The highest BCUT2D eigenvalue weighted by Gasteiger charge is 2.39. The Morgan fingerprint density at radius 2 is 2.09 bits per heavy atom. The van der Waals surface area contributed by atoms with Crippen molar-refractivity contribution in [2.24, 2.45) is 5.92 Å². The molecule has 1 unspecified atom stereocenters. The number of hydrogen-bond donors (Lipinski definition) is 2. The molecule has 1 aromatic carbocycles. The van der Waals surface area contributed by atoms with Gasteiger partial charge in [-0.1, -0.05) is 0 Å². The van der Waals surface area contributed by atoms with Gasteiger partial charge in [-0.3, -0.25) is 9.59 Å². The van der Waals surface area contributed by atoms with Gasteiger partial charge >= 0.3 is 0 Å². The van der Waals surface area contributed by atoms with E-state index in [0.29, 0.717) is 0 Å². The maximum Gasteiger partial charge on any atom is 0.239 e. The molecule has 5 nitrogen and oxygen atoms in total. The fourth-order valence-electron chi connectivity index (χ4n) is 2.29. The number of halogens is 2. The van der Waals surface area contributed by atoms with Crippen molar-refractivity contribution in [3.63, 3.8) is 0 Å². The molecule has 2 rings (SSSR count). The van der Waals surface area contributed by atoms with Crippen LogP contribution in [0.2, 0.25) is 0 Å². The van der Waals surface area contributed by atoms with Crippen molar-refractivity contribution >= 4 is 17.5 Å². The Bertz CT molecular complexity index is 604. The Morgan fingerprint density at radius 1 is 1.41 bits per heavy atom. The number of anilines is 1. The lowest BCUT2D eigenvalue weighted by Crippen LogP contribution is -2.49. The van der Waals surface area contributed by atoms with Crippen LogP contribution in [0.25, 0.3) is 0 Å². The van der Waals surface area contributed by atoms with Crippen LogP contribution in [0, 0.1) is 17.6 Å². The zero-order valence-corrected chi connectivity index (χ0v) is 12.4. The second-order valence-electron chi connectivity index (χ2n) is 5.96. The molecule has 7 heteroatoms. The third kappa shape index (κ3) is 3.24. The molecule has 1 atom stereocenters. The first-order valence-corrected chi connectivity index (χ1v) is 6.94. The predicted molar refractivity (Wildman–Crippen MR) is 76.1 cm³/mol. The molecule has 1 aliphatic rings. The van der Waals surface area contributed by atoms with Crippen molar-refractivity contribution < 1.29 is 23.5 Å². The molecule has 1 saturated heterocycles. The minimum absolute atomic E-state index is 0.223. The second-order valence-corrected chi connectivity index (χ2v) is 5.96. The van der Waals surface area contributed by atoms with Crippen molar-refractivity contribution in [1.29, 1.82) is 0 Å². The summed E-state index contributed by atoms with van der Waals surface area (Å²) in [6, 6.07) is 3.18. The number of hydrogen-bond acceptors (Lipinski definition) is 3. The second kappa shape index (κ2) is 6.00. The number of amides is 2. The summed E-state index contributed by atoms with van der Waals surface area (Å²) in [7, 11) is 0. The van der Waals surface area contributed by atoms with Crippen molar-refractivity contribution in [3.05, 3.63) is 29.8 Å². The van der Waals surface area contributed by atoms with Crippen LogP contribution >= 0.6 is 0 Å². The summed E-state index contributed by atoms with van der Waals surface area (Å²) in [5.74, 6) is -3.86. The molecule has 120 valence electrons. The van der Waals surface area contributed by atoms with Crippen LogP contribution in [-0.2, 0) is 9.59 Å². The number of nitrogens with one attached hydrogen (secondary N) is 1. The third-order valence-corrected chi connectivity index (χ3v) is 3.59. The molecular formula is C15H18F2N2O3. The number of aliphatic hydroxyl groups excluding tert-OH is 1. The monoisotopic (exact) mass is 312 g/mol. The van der Waals surface area contributed by atoms with Crippen LogP contribution in [0.1, 0.15) is 20.3 Å². The summed E-state index contributed by atoms with van der Waals surface area (Å²) in [5, 5.41) is 11.8. The number of carbonyl (C=O) groups excluding carboxylic acids is 2. The highest BCUT2D eigenvalue weighted by atomic mass is 19.2. The van der Waals surface area contributed by atoms with Gasteiger partial charge in [-0.15, -0.1) is 0 Å². The van der Waals surface area contributed by atoms with Crippen molar-refractivity contribution in [2.75, 3.05) is 18.1 Å². The first-order chi connectivity index (χ1) is 10.2. The first-order valence-electron chi connectivity index (χ1n) is 6.94. The lowest BCUT2D eigenvalue weighted by molar-refractivity contribution is -0.133. The molecule has 2 amide bonds. The lowest BCUT2D eigenvalue weighted by Gasteiger charge is -2.25.